The van der Waals surface area contributed by atoms with Crippen molar-refractivity contribution in [1.82, 2.24) is 4.98 Å². The molecule has 3 aromatic rings. The molecule has 1 N–H and O–H groups in total. The number of rotatable bonds is 6. The number of aliphatic carboxylic acids is 1. The third-order valence-corrected chi connectivity index (χ3v) is 4.92. The van der Waals surface area contributed by atoms with E-state index in [1.807, 2.05) is 38.1 Å². The van der Waals surface area contributed by atoms with Gasteiger partial charge in [0.2, 0.25) is 0 Å². The lowest BCUT2D eigenvalue weighted by Crippen LogP contribution is -2.14. The van der Waals surface area contributed by atoms with Crippen LogP contribution in [0.2, 0.25) is 0 Å². The molecule has 0 aliphatic heterocycles. The van der Waals surface area contributed by atoms with E-state index in [4.69, 9.17) is 0 Å². The smallest absolute Gasteiger partial charge is 0.416 e. The zero-order valence-corrected chi connectivity index (χ0v) is 16.6. The lowest BCUT2D eigenvalue weighted by Gasteiger charge is -2.18. The van der Waals surface area contributed by atoms with Crippen molar-refractivity contribution in [3.05, 3.63) is 78.1 Å². The number of hydrogen-bond acceptors (Lipinski definition) is 2. The maximum Gasteiger partial charge on any atom is 0.416 e. The molecule has 6 heteroatoms. The third kappa shape index (κ3) is 5.06. The molecule has 30 heavy (non-hydrogen) atoms. The molecule has 0 aliphatic carbocycles. The summed E-state index contributed by atoms with van der Waals surface area (Å²) in [6, 6.07) is 14.0. The molecule has 1 heterocycles. The molecule has 0 aliphatic rings. The summed E-state index contributed by atoms with van der Waals surface area (Å²) in [5.41, 5.74) is 2.81. The number of halogens is 3. The molecule has 0 saturated heterocycles. The summed E-state index contributed by atoms with van der Waals surface area (Å²) in [5.74, 6) is -1.46. The Balaban J connectivity index is 2.13. The van der Waals surface area contributed by atoms with E-state index >= 15 is 0 Å². The highest BCUT2D eigenvalue weighted by atomic mass is 19.4. The zero-order chi connectivity index (χ0) is 21.9. The molecular weight excluding hydrogens is 391 g/mol. The van der Waals surface area contributed by atoms with Crippen LogP contribution in [0.25, 0.3) is 22.3 Å². The van der Waals surface area contributed by atoms with E-state index in [1.165, 1.54) is 12.1 Å². The van der Waals surface area contributed by atoms with Crippen LogP contribution in [0.3, 0.4) is 0 Å². The Morgan fingerprint density at radius 1 is 0.900 bits per heavy atom. The van der Waals surface area contributed by atoms with Crippen LogP contribution in [0.4, 0.5) is 13.2 Å². The van der Waals surface area contributed by atoms with Crippen molar-refractivity contribution >= 4 is 5.97 Å². The number of carboxylic acids is 1. The van der Waals surface area contributed by atoms with Crippen LogP contribution in [0.15, 0.2) is 67.0 Å². The Kier molecular flexibility index (Phi) is 6.25. The van der Waals surface area contributed by atoms with Crippen molar-refractivity contribution in [2.45, 2.75) is 32.4 Å². The van der Waals surface area contributed by atoms with E-state index in [0.717, 1.165) is 23.3 Å². The molecule has 0 fully saturated rings. The van der Waals surface area contributed by atoms with Gasteiger partial charge in [-0.05, 0) is 70.5 Å². The van der Waals surface area contributed by atoms with E-state index < -0.39 is 23.6 Å². The number of aromatic nitrogens is 1. The first-order valence-electron chi connectivity index (χ1n) is 9.61. The summed E-state index contributed by atoms with van der Waals surface area (Å²) in [6.07, 6.45) is -0.666. The molecule has 0 bridgehead atoms. The van der Waals surface area contributed by atoms with Gasteiger partial charge in [-0.3, -0.25) is 9.78 Å². The molecule has 3 rings (SSSR count). The molecule has 0 amide bonds. The van der Waals surface area contributed by atoms with E-state index in [2.05, 4.69) is 4.98 Å². The molecule has 1 atom stereocenters. The highest BCUT2D eigenvalue weighted by molar-refractivity contribution is 5.80. The summed E-state index contributed by atoms with van der Waals surface area (Å²) < 4.78 is 38.7. The average Bonchev–Trinajstić information content (AvgIpc) is 2.71. The summed E-state index contributed by atoms with van der Waals surface area (Å²) in [6.45, 7) is 3.92. The van der Waals surface area contributed by atoms with Gasteiger partial charge in [-0.1, -0.05) is 38.1 Å². The first-order chi connectivity index (χ1) is 14.1. The van der Waals surface area contributed by atoms with E-state index in [1.54, 1.807) is 18.5 Å². The van der Waals surface area contributed by atoms with Crippen molar-refractivity contribution in [2.75, 3.05) is 0 Å². The Hall–Kier alpha value is -3.15. The molecule has 0 spiro atoms. The summed E-state index contributed by atoms with van der Waals surface area (Å²) in [7, 11) is 0. The average molecular weight is 413 g/mol. The van der Waals surface area contributed by atoms with Gasteiger partial charge in [0.15, 0.2) is 0 Å². The van der Waals surface area contributed by atoms with Crippen LogP contribution in [-0.4, -0.2) is 16.1 Å². The number of pyridine rings is 1. The van der Waals surface area contributed by atoms with Crippen LogP contribution in [0.5, 0.6) is 0 Å². The Morgan fingerprint density at radius 2 is 1.43 bits per heavy atom. The lowest BCUT2D eigenvalue weighted by molar-refractivity contribution is -0.139. The number of nitrogens with zero attached hydrogens (tertiary/aromatic N) is 1. The maximum atomic E-state index is 12.9. The first kappa shape index (κ1) is 21.6. The largest absolute Gasteiger partial charge is 0.481 e. The minimum Gasteiger partial charge on any atom is -0.481 e. The van der Waals surface area contributed by atoms with E-state index in [-0.39, 0.29) is 5.92 Å². The second-order valence-corrected chi connectivity index (χ2v) is 7.68. The topological polar surface area (TPSA) is 50.2 Å². The molecule has 1 aromatic heterocycles. The van der Waals surface area contributed by atoms with Crippen LogP contribution in [0.1, 0.15) is 37.3 Å². The van der Waals surface area contributed by atoms with E-state index in [9.17, 15) is 23.1 Å². The fourth-order valence-electron chi connectivity index (χ4n) is 3.43. The predicted molar refractivity (Wildman–Crippen MR) is 110 cm³/mol. The Labute approximate surface area is 173 Å². The number of benzene rings is 2. The fourth-order valence-corrected chi connectivity index (χ4v) is 3.43. The van der Waals surface area contributed by atoms with Crippen LogP contribution >= 0.6 is 0 Å². The van der Waals surface area contributed by atoms with Crippen molar-refractivity contribution in [2.24, 2.45) is 5.92 Å². The molecule has 0 radical (unpaired) electrons. The lowest BCUT2D eigenvalue weighted by atomic mass is 9.86. The quantitative estimate of drug-likeness (QED) is 0.492. The first-order valence-corrected chi connectivity index (χ1v) is 9.61. The number of carbonyl (C=O) groups is 1. The SMILES string of the molecule is CC(C)CC(C(=O)O)c1cc(-c2ccncc2)cc(-c2ccc(C(F)(F)F)cc2)c1. The second kappa shape index (κ2) is 8.69. The van der Waals surface area contributed by atoms with E-state index in [0.29, 0.717) is 23.1 Å². The second-order valence-electron chi connectivity index (χ2n) is 7.68. The highest BCUT2D eigenvalue weighted by Gasteiger charge is 2.30. The van der Waals surface area contributed by atoms with Gasteiger partial charge < -0.3 is 5.11 Å². The normalized spacial score (nSPS) is 12.7. The molecule has 156 valence electrons. The van der Waals surface area contributed by atoms with Crippen LogP contribution in [0, 0.1) is 5.92 Å². The molecule has 1 unspecified atom stereocenters. The zero-order valence-electron chi connectivity index (χ0n) is 16.6. The van der Waals surface area contributed by atoms with Crippen molar-refractivity contribution in [3.63, 3.8) is 0 Å². The Morgan fingerprint density at radius 3 is 1.90 bits per heavy atom. The number of alkyl halides is 3. The summed E-state index contributed by atoms with van der Waals surface area (Å²) in [5, 5.41) is 9.79. The van der Waals surface area contributed by atoms with Crippen LogP contribution < -0.4 is 0 Å². The standard InChI is InChI=1S/C24H22F3NO2/c1-15(2)11-22(23(29)30)20-13-18(12-19(14-20)17-7-9-28-10-8-17)16-3-5-21(6-4-16)24(25,26)27/h3-10,12-15,22H,11H2,1-2H3,(H,29,30). The van der Waals surface area contributed by atoms with Crippen LogP contribution in [-0.2, 0) is 11.0 Å². The van der Waals surface area contributed by atoms with Gasteiger partial charge >= 0.3 is 12.1 Å². The molecule has 0 saturated carbocycles. The van der Waals surface area contributed by atoms with Gasteiger partial charge in [-0.15, -0.1) is 0 Å². The third-order valence-electron chi connectivity index (χ3n) is 4.92. The molecular formula is C24H22F3NO2. The minimum atomic E-state index is -4.41. The minimum absolute atomic E-state index is 0.171. The van der Waals surface area contributed by atoms with Crippen molar-refractivity contribution in [1.29, 1.82) is 0 Å². The van der Waals surface area contributed by atoms with Crippen molar-refractivity contribution < 1.29 is 23.1 Å². The molecule has 3 nitrogen and oxygen atoms in total. The van der Waals surface area contributed by atoms with Gasteiger partial charge in [-0.25, -0.2) is 0 Å². The summed E-state index contributed by atoms with van der Waals surface area (Å²) >= 11 is 0. The molecule has 2 aromatic carbocycles. The maximum absolute atomic E-state index is 12.9. The number of carboxylic acid groups (broad SMARTS) is 1. The Bertz CT molecular complexity index is 1010. The van der Waals surface area contributed by atoms with Gasteiger partial charge in [0.05, 0.1) is 11.5 Å². The highest BCUT2D eigenvalue weighted by Crippen LogP contribution is 2.35. The van der Waals surface area contributed by atoms with Gasteiger partial charge in [0, 0.05) is 12.4 Å². The number of hydrogen-bond donors (Lipinski definition) is 1. The predicted octanol–water partition coefficient (Wildman–Crippen LogP) is 6.65. The van der Waals surface area contributed by atoms with Crippen molar-refractivity contribution in [3.8, 4) is 22.3 Å². The summed E-state index contributed by atoms with van der Waals surface area (Å²) in [4.78, 5) is 16.0. The van der Waals surface area contributed by atoms with Gasteiger partial charge in [0.1, 0.15) is 0 Å². The monoisotopic (exact) mass is 413 g/mol. The van der Waals surface area contributed by atoms with Gasteiger partial charge in [-0.2, -0.15) is 13.2 Å². The fraction of sp³-hybridized carbons (Fsp3) is 0.250. The van der Waals surface area contributed by atoms with Gasteiger partial charge in [0.25, 0.3) is 0 Å².